The van der Waals surface area contributed by atoms with Crippen LogP contribution >= 0.6 is 34.7 Å². The number of hydrogen-bond acceptors (Lipinski definition) is 11. The Morgan fingerprint density at radius 1 is 1.38 bits per heavy atom. The van der Waals surface area contributed by atoms with E-state index in [0.29, 0.717) is 0 Å². The van der Waals surface area contributed by atoms with E-state index in [-0.39, 0.29) is 46.0 Å². The number of fused-ring (bicyclic) bond motifs is 1. The van der Waals surface area contributed by atoms with Gasteiger partial charge in [0, 0.05) is 23.6 Å². The Balaban J connectivity index is 1.75. The third kappa shape index (κ3) is 5.31. The van der Waals surface area contributed by atoms with Gasteiger partial charge >= 0.3 is 11.9 Å². The topological polar surface area (TPSA) is 177 Å². The lowest BCUT2D eigenvalue weighted by Crippen LogP contribution is -2.71. The van der Waals surface area contributed by atoms with E-state index >= 15 is 0 Å². The molecule has 34 heavy (non-hydrogen) atoms. The van der Waals surface area contributed by atoms with E-state index in [4.69, 9.17) is 21.2 Å². The highest BCUT2D eigenvalue weighted by atomic mass is 35.5. The normalized spacial score (nSPS) is 19.7. The summed E-state index contributed by atoms with van der Waals surface area (Å²) < 4.78 is 4.89. The summed E-state index contributed by atoms with van der Waals surface area (Å²) in [6.07, 6.45) is 0. The Bertz CT molecular complexity index is 1100. The van der Waals surface area contributed by atoms with Crippen molar-refractivity contribution in [3.63, 3.8) is 0 Å². The van der Waals surface area contributed by atoms with Crippen molar-refractivity contribution in [1.29, 1.82) is 0 Å². The van der Waals surface area contributed by atoms with Crippen LogP contribution in [0.5, 0.6) is 0 Å². The molecule has 16 heteroatoms. The fourth-order valence-electron chi connectivity index (χ4n) is 3.08. The third-order valence-electron chi connectivity index (χ3n) is 4.50. The van der Waals surface area contributed by atoms with Crippen LogP contribution in [0.4, 0.5) is 5.13 Å². The quantitative estimate of drug-likeness (QED) is 0.129. The lowest BCUT2D eigenvalue weighted by molar-refractivity contribution is -0.150. The summed E-state index contributed by atoms with van der Waals surface area (Å²) in [6, 6.07) is -1.03. The average molecular weight is 532 g/mol. The van der Waals surface area contributed by atoms with Crippen molar-refractivity contribution in [1.82, 2.24) is 15.2 Å². The molecule has 0 aliphatic carbocycles. The number of thioether (sulfide) groups is 1. The second-order valence-corrected chi connectivity index (χ2v) is 8.97. The Hall–Kier alpha value is -3.17. The first-order valence-corrected chi connectivity index (χ1v) is 11.9. The SMILES string of the molecule is CO/N=C(/C(=O)N[C@@H]1C(=O)N2C(C(=O)O)=C(COC(C)=O)CS[C@@H]12)c1csc(NC(=O)CCl)n1. The molecule has 13 nitrogen and oxygen atoms in total. The van der Waals surface area contributed by atoms with Crippen molar-refractivity contribution in [2.45, 2.75) is 18.3 Å². The minimum Gasteiger partial charge on any atom is -0.477 e. The summed E-state index contributed by atoms with van der Waals surface area (Å²) in [5.41, 5.74) is -0.158. The maximum Gasteiger partial charge on any atom is 0.352 e. The van der Waals surface area contributed by atoms with Crippen LogP contribution in [0.1, 0.15) is 12.6 Å². The van der Waals surface area contributed by atoms with Gasteiger partial charge in [0.1, 0.15) is 42.4 Å². The van der Waals surface area contributed by atoms with E-state index in [2.05, 4.69) is 20.8 Å². The van der Waals surface area contributed by atoms with E-state index in [0.717, 1.165) is 16.2 Å². The number of oxime groups is 1. The minimum atomic E-state index is -1.35. The van der Waals surface area contributed by atoms with Gasteiger partial charge in [0.25, 0.3) is 11.8 Å². The van der Waals surface area contributed by atoms with Gasteiger partial charge in [-0.15, -0.1) is 34.7 Å². The molecule has 1 fully saturated rings. The molecule has 0 spiro atoms. The summed E-state index contributed by atoms with van der Waals surface area (Å²) in [5.74, 6) is -3.93. The number of rotatable bonds is 9. The van der Waals surface area contributed by atoms with Crippen LogP contribution in [0.25, 0.3) is 0 Å². The number of alkyl halides is 1. The van der Waals surface area contributed by atoms with Crippen LogP contribution in [-0.2, 0) is 33.5 Å². The van der Waals surface area contributed by atoms with E-state index < -0.39 is 41.1 Å². The molecule has 1 saturated heterocycles. The zero-order valence-corrected chi connectivity index (χ0v) is 20.1. The number of aromatic nitrogens is 1. The monoisotopic (exact) mass is 531 g/mol. The number of thiazole rings is 1. The zero-order valence-electron chi connectivity index (χ0n) is 17.7. The Morgan fingerprint density at radius 2 is 2.12 bits per heavy atom. The highest BCUT2D eigenvalue weighted by molar-refractivity contribution is 8.00. The number of anilines is 1. The summed E-state index contributed by atoms with van der Waals surface area (Å²) >= 11 is 7.69. The molecule has 0 radical (unpaired) electrons. The molecule has 3 N–H and O–H groups in total. The maximum absolute atomic E-state index is 12.9. The van der Waals surface area contributed by atoms with Crippen molar-refractivity contribution in [2.75, 3.05) is 30.7 Å². The number of esters is 1. The molecule has 2 aliphatic heterocycles. The van der Waals surface area contributed by atoms with E-state index in [1.54, 1.807) is 0 Å². The average Bonchev–Trinajstić information content (AvgIpc) is 3.26. The standard InChI is InChI=1S/C18H18ClN5O8S2/c1-7(25)32-4-8-5-33-16-12(15(28)24(16)13(8)17(29)30)22-14(27)11(23-31-2)9-6-34-18(20-9)21-10(26)3-19/h6,12,16H,3-5H2,1-2H3,(H,22,27)(H,29,30)(H,20,21,26)/b23-11+/t12-,16+/m1/s1. The molecule has 1 aromatic rings. The fraction of sp³-hybridized carbons (Fsp3) is 0.389. The molecule has 3 amide bonds. The molecule has 2 aliphatic rings. The Kier molecular flexibility index (Phi) is 8.11. The summed E-state index contributed by atoms with van der Waals surface area (Å²) in [5, 5.41) is 19.2. The van der Waals surface area contributed by atoms with Crippen LogP contribution in [0, 0.1) is 0 Å². The molecule has 0 aromatic carbocycles. The van der Waals surface area contributed by atoms with Crippen molar-refractivity contribution >= 4 is 75.2 Å². The van der Waals surface area contributed by atoms with Crippen LogP contribution in [0.3, 0.4) is 0 Å². The number of aliphatic carboxylic acids is 1. The second kappa shape index (κ2) is 10.8. The number of β-lactam (4-membered cyclic amide) rings is 1. The molecular formula is C18H18ClN5O8S2. The van der Waals surface area contributed by atoms with Gasteiger partial charge in [-0.2, -0.15) is 0 Å². The van der Waals surface area contributed by atoms with Gasteiger partial charge in [0.2, 0.25) is 5.91 Å². The predicted octanol–water partition coefficient (Wildman–Crippen LogP) is -0.0274. The van der Waals surface area contributed by atoms with Crippen molar-refractivity contribution in [3.8, 4) is 0 Å². The molecule has 0 bridgehead atoms. The minimum absolute atomic E-state index is 0.0870. The van der Waals surface area contributed by atoms with Crippen molar-refractivity contribution in [2.24, 2.45) is 5.16 Å². The van der Waals surface area contributed by atoms with E-state index in [1.165, 1.54) is 31.2 Å². The molecular weight excluding hydrogens is 514 g/mol. The van der Waals surface area contributed by atoms with Gasteiger partial charge < -0.3 is 25.3 Å². The number of carbonyl (C=O) groups excluding carboxylic acids is 4. The maximum atomic E-state index is 12.9. The van der Waals surface area contributed by atoms with Gasteiger partial charge in [0.15, 0.2) is 10.8 Å². The Morgan fingerprint density at radius 3 is 2.74 bits per heavy atom. The van der Waals surface area contributed by atoms with Gasteiger partial charge in [-0.1, -0.05) is 5.16 Å². The lowest BCUT2D eigenvalue weighted by Gasteiger charge is -2.49. The third-order valence-corrected chi connectivity index (χ3v) is 6.84. The first-order valence-electron chi connectivity index (χ1n) is 9.45. The highest BCUT2D eigenvalue weighted by Gasteiger charge is 2.54. The number of nitrogens with one attached hydrogen (secondary N) is 2. The Labute approximate surface area is 205 Å². The predicted molar refractivity (Wildman–Crippen MR) is 121 cm³/mol. The second-order valence-electron chi connectivity index (χ2n) is 6.74. The van der Waals surface area contributed by atoms with Gasteiger partial charge in [-0.3, -0.25) is 24.1 Å². The number of hydrogen-bond donors (Lipinski definition) is 3. The molecule has 0 unspecified atom stereocenters. The van der Waals surface area contributed by atoms with Gasteiger partial charge in [-0.05, 0) is 0 Å². The first kappa shape index (κ1) is 25.5. The van der Waals surface area contributed by atoms with Crippen LogP contribution < -0.4 is 10.6 Å². The molecule has 3 heterocycles. The fourth-order valence-corrected chi connectivity index (χ4v) is 5.19. The van der Waals surface area contributed by atoms with E-state index in [9.17, 15) is 29.1 Å². The van der Waals surface area contributed by atoms with Crippen LogP contribution in [-0.4, -0.2) is 87.1 Å². The highest BCUT2D eigenvalue weighted by Crippen LogP contribution is 2.40. The number of halogens is 1. The largest absolute Gasteiger partial charge is 0.477 e. The molecule has 2 atom stereocenters. The van der Waals surface area contributed by atoms with Crippen molar-refractivity contribution in [3.05, 3.63) is 22.3 Å². The number of carbonyl (C=O) groups is 5. The molecule has 3 rings (SSSR count). The summed E-state index contributed by atoms with van der Waals surface area (Å²) in [7, 11) is 1.22. The van der Waals surface area contributed by atoms with E-state index in [1.807, 2.05) is 0 Å². The number of amides is 3. The van der Waals surface area contributed by atoms with Crippen LogP contribution in [0.15, 0.2) is 21.8 Å². The number of nitrogens with zero attached hydrogens (tertiary/aromatic N) is 3. The molecule has 1 aromatic heterocycles. The zero-order chi connectivity index (χ0) is 25.0. The van der Waals surface area contributed by atoms with Crippen LogP contribution in [0.2, 0.25) is 0 Å². The lowest BCUT2D eigenvalue weighted by atomic mass is 10.0. The van der Waals surface area contributed by atoms with Gasteiger partial charge in [-0.25, -0.2) is 9.78 Å². The molecule has 182 valence electrons. The van der Waals surface area contributed by atoms with Gasteiger partial charge in [0.05, 0.1) is 0 Å². The number of carboxylic acid groups (broad SMARTS) is 1. The number of ether oxygens (including phenoxy) is 1. The van der Waals surface area contributed by atoms with Crippen molar-refractivity contribution < 1.29 is 38.7 Å². The first-order chi connectivity index (χ1) is 16.2. The summed E-state index contributed by atoms with van der Waals surface area (Å²) in [4.78, 5) is 69.8. The smallest absolute Gasteiger partial charge is 0.352 e. The summed E-state index contributed by atoms with van der Waals surface area (Å²) in [6.45, 7) is 0.935. The number of carboxylic acids is 1. The molecule has 0 saturated carbocycles.